The summed E-state index contributed by atoms with van der Waals surface area (Å²) in [6.45, 7) is 1.60. The smallest absolute Gasteiger partial charge is 0.416 e. The quantitative estimate of drug-likeness (QED) is 0.534. The number of amides is 1. The molecule has 3 aromatic rings. The number of carbonyl (C=O) groups is 1. The predicted molar refractivity (Wildman–Crippen MR) is 114 cm³/mol. The molecule has 0 radical (unpaired) electrons. The highest BCUT2D eigenvalue weighted by Crippen LogP contribution is 2.38. The molecule has 0 saturated carbocycles. The van der Waals surface area contributed by atoms with Crippen molar-refractivity contribution in [3.63, 3.8) is 0 Å². The fourth-order valence-corrected chi connectivity index (χ4v) is 3.69. The Kier molecular flexibility index (Phi) is 6.07. The Morgan fingerprint density at radius 3 is 2.79 bits per heavy atom. The summed E-state index contributed by atoms with van der Waals surface area (Å²) < 4.78 is 53.3. The third kappa shape index (κ3) is 4.83. The van der Waals surface area contributed by atoms with Crippen molar-refractivity contribution in [2.24, 2.45) is 0 Å². The molecular formula is C20H19FN6O5S. The lowest BCUT2D eigenvalue weighted by atomic mass is 10.0. The van der Waals surface area contributed by atoms with Gasteiger partial charge in [0, 0.05) is 42.7 Å². The molecule has 11 nitrogen and oxygen atoms in total. The molecule has 0 fully saturated rings. The van der Waals surface area contributed by atoms with E-state index in [1.807, 2.05) is 9.44 Å². The molecule has 13 heteroatoms. The van der Waals surface area contributed by atoms with Crippen LogP contribution in [0.5, 0.6) is 17.4 Å². The Morgan fingerprint density at radius 1 is 1.24 bits per heavy atom. The molecule has 1 aliphatic heterocycles. The molecule has 0 saturated heterocycles. The molecule has 172 valence electrons. The van der Waals surface area contributed by atoms with E-state index in [9.17, 15) is 17.6 Å². The monoisotopic (exact) mass is 474 g/mol. The average Bonchev–Trinajstić information content (AvgIpc) is 2.79. The van der Waals surface area contributed by atoms with Gasteiger partial charge in [0.25, 0.3) is 10.2 Å². The molecule has 1 amide bonds. The van der Waals surface area contributed by atoms with Crippen molar-refractivity contribution < 1.29 is 27.1 Å². The van der Waals surface area contributed by atoms with Crippen LogP contribution in [0.3, 0.4) is 0 Å². The summed E-state index contributed by atoms with van der Waals surface area (Å²) in [7, 11) is -2.78. The highest BCUT2D eigenvalue weighted by atomic mass is 32.2. The van der Waals surface area contributed by atoms with E-state index in [0.29, 0.717) is 17.1 Å². The summed E-state index contributed by atoms with van der Waals surface area (Å²) in [5.41, 5.74) is 0.750. The van der Waals surface area contributed by atoms with E-state index in [-0.39, 0.29) is 18.0 Å². The summed E-state index contributed by atoms with van der Waals surface area (Å²) in [6.07, 6.45) is 2.07. The maximum absolute atomic E-state index is 14.9. The summed E-state index contributed by atoms with van der Waals surface area (Å²) in [6, 6.07) is 9.20. The minimum absolute atomic E-state index is 0.0636. The zero-order valence-corrected chi connectivity index (χ0v) is 18.3. The van der Waals surface area contributed by atoms with Crippen LogP contribution in [0.25, 0.3) is 0 Å². The van der Waals surface area contributed by atoms with Gasteiger partial charge < -0.3 is 9.47 Å². The topological polar surface area (TPSA) is 136 Å². The van der Waals surface area contributed by atoms with Crippen LogP contribution in [0, 0.1) is 5.82 Å². The van der Waals surface area contributed by atoms with Gasteiger partial charge in [0.2, 0.25) is 5.88 Å². The van der Waals surface area contributed by atoms with Crippen LogP contribution in [0.4, 0.5) is 15.0 Å². The molecule has 1 atom stereocenters. The van der Waals surface area contributed by atoms with Crippen molar-refractivity contribution in [2.45, 2.75) is 19.5 Å². The first-order valence-electron chi connectivity index (χ1n) is 9.70. The van der Waals surface area contributed by atoms with Crippen molar-refractivity contribution in [2.75, 3.05) is 11.8 Å². The molecule has 0 unspecified atom stereocenters. The molecule has 0 aliphatic carbocycles. The first-order valence-corrected chi connectivity index (χ1v) is 11.2. The van der Waals surface area contributed by atoms with Crippen LogP contribution < -0.4 is 18.9 Å². The number of fused-ring (bicyclic) bond motifs is 1. The number of benzene rings is 1. The van der Waals surface area contributed by atoms with E-state index in [0.717, 1.165) is 0 Å². The molecular weight excluding hydrogens is 455 g/mol. The Hall–Kier alpha value is -3.84. The maximum Gasteiger partial charge on any atom is 0.416 e. The van der Waals surface area contributed by atoms with Crippen LogP contribution in [0.1, 0.15) is 24.1 Å². The number of nitrogens with one attached hydrogen (secondary N) is 2. The number of pyridine rings is 1. The Balaban J connectivity index is 1.55. The van der Waals surface area contributed by atoms with Gasteiger partial charge in [-0.15, -0.1) is 5.10 Å². The number of rotatable bonds is 7. The third-order valence-corrected chi connectivity index (χ3v) is 5.91. The number of hydrogen-bond acceptors (Lipinski definition) is 8. The first-order chi connectivity index (χ1) is 15.8. The molecule has 3 heterocycles. The van der Waals surface area contributed by atoms with E-state index in [1.165, 1.54) is 30.4 Å². The van der Waals surface area contributed by atoms with Crippen molar-refractivity contribution in [3.8, 4) is 17.4 Å². The lowest BCUT2D eigenvalue weighted by molar-refractivity contribution is 0.116. The van der Waals surface area contributed by atoms with Crippen molar-refractivity contribution in [1.29, 1.82) is 0 Å². The summed E-state index contributed by atoms with van der Waals surface area (Å²) in [5.74, 6) is -0.375. The van der Waals surface area contributed by atoms with Gasteiger partial charge in [-0.25, -0.2) is 18.9 Å². The van der Waals surface area contributed by atoms with Crippen LogP contribution in [0.15, 0.2) is 48.8 Å². The first kappa shape index (κ1) is 22.4. The largest absolute Gasteiger partial charge is 0.437 e. The second-order valence-corrected chi connectivity index (χ2v) is 8.60. The van der Waals surface area contributed by atoms with E-state index < -0.39 is 34.0 Å². The SMILES string of the molecule is CNS(=O)(=O)Nc1nccc(CN2C(=O)Oc3cc(Oc4cccnn4)ccc3[C@H]2C)c1F. The second-order valence-electron chi connectivity index (χ2n) is 6.98. The number of carbonyl (C=O) groups excluding carboxylic acids is 1. The van der Waals surface area contributed by atoms with Crippen LogP contribution in [-0.2, 0) is 16.8 Å². The van der Waals surface area contributed by atoms with E-state index in [4.69, 9.17) is 9.47 Å². The van der Waals surface area contributed by atoms with Gasteiger partial charge in [-0.05, 0) is 31.2 Å². The number of anilines is 1. The molecule has 4 rings (SSSR count). The van der Waals surface area contributed by atoms with Gasteiger partial charge in [-0.3, -0.25) is 9.62 Å². The average molecular weight is 474 g/mol. The van der Waals surface area contributed by atoms with Crippen LogP contribution in [-0.4, -0.2) is 41.6 Å². The van der Waals surface area contributed by atoms with Gasteiger partial charge in [0.15, 0.2) is 11.6 Å². The summed E-state index contributed by atoms with van der Waals surface area (Å²) >= 11 is 0. The molecule has 2 aromatic heterocycles. The second kappa shape index (κ2) is 8.96. The number of nitrogens with zero attached hydrogens (tertiary/aromatic N) is 4. The standard InChI is InChI=1S/C20H19FN6O5S/c1-12-15-6-5-14(31-17-4-3-8-24-25-17)10-16(15)32-20(28)27(12)11-13-7-9-23-19(18(13)21)26-33(29,30)22-2/h3-10,12,22H,11H2,1-2H3,(H,23,26)/t12-/m1/s1. The molecule has 33 heavy (non-hydrogen) atoms. The predicted octanol–water partition coefficient (Wildman–Crippen LogP) is 2.75. The van der Waals surface area contributed by atoms with Gasteiger partial charge in [-0.1, -0.05) is 0 Å². The summed E-state index contributed by atoms with van der Waals surface area (Å²) in [4.78, 5) is 17.7. The zero-order chi connectivity index (χ0) is 23.6. The fraction of sp³-hybridized carbons (Fsp3) is 0.200. The van der Waals surface area contributed by atoms with Gasteiger partial charge >= 0.3 is 6.09 Å². The van der Waals surface area contributed by atoms with Crippen molar-refractivity contribution in [3.05, 3.63) is 65.7 Å². The molecule has 0 bridgehead atoms. The maximum atomic E-state index is 14.9. The Labute approximate surface area is 188 Å². The lowest BCUT2D eigenvalue weighted by Crippen LogP contribution is -2.39. The highest BCUT2D eigenvalue weighted by Gasteiger charge is 2.33. The van der Waals surface area contributed by atoms with Crippen LogP contribution >= 0.6 is 0 Å². The minimum atomic E-state index is -3.96. The number of ether oxygens (including phenoxy) is 2. The number of hydrogen-bond donors (Lipinski definition) is 2. The van der Waals surface area contributed by atoms with Crippen molar-refractivity contribution >= 4 is 22.1 Å². The van der Waals surface area contributed by atoms with Gasteiger partial charge in [-0.2, -0.15) is 13.5 Å². The molecule has 1 aliphatic rings. The zero-order valence-electron chi connectivity index (χ0n) is 17.5. The molecule has 0 spiro atoms. The molecule has 2 N–H and O–H groups in total. The highest BCUT2D eigenvalue weighted by molar-refractivity contribution is 7.90. The van der Waals surface area contributed by atoms with E-state index in [1.54, 1.807) is 37.3 Å². The fourth-order valence-electron chi connectivity index (χ4n) is 3.19. The Morgan fingerprint density at radius 2 is 2.06 bits per heavy atom. The van der Waals surface area contributed by atoms with E-state index >= 15 is 0 Å². The number of aromatic nitrogens is 3. The number of halogens is 1. The minimum Gasteiger partial charge on any atom is -0.437 e. The van der Waals surface area contributed by atoms with Gasteiger partial charge in [0.1, 0.15) is 11.5 Å². The normalized spacial score (nSPS) is 15.5. The Bertz CT molecular complexity index is 1290. The molecule has 1 aromatic carbocycles. The van der Waals surface area contributed by atoms with E-state index in [2.05, 4.69) is 15.2 Å². The van der Waals surface area contributed by atoms with Crippen LogP contribution in [0.2, 0.25) is 0 Å². The van der Waals surface area contributed by atoms with Crippen molar-refractivity contribution in [1.82, 2.24) is 24.8 Å². The summed E-state index contributed by atoms with van der Waals surface area (Å²) in [5, 5.41) is 7.58. The lowest BCUT2D eigenvalue weighted by Gasteiger charge is -2.34. The third-order valence-electron chi connectivity index (χ3n) is 4.91. The van der Waals surface area contributed by atoms with Gasteiger partial charge in [0.05, 0.1) is 12.6 Å².